The van der Waals surface area contributed by atoms with Gasteiger partial charge in [-0.2, -0.15) is 0 Å². The van der Waals surface area contributed by atoms with Gasteiger partial charge < -0.3 is 9.84 Å². The Balaban J connectivity index is 1.50. The van der Waals surface area contributed by atoms with Gasteiger partial charge in [0.2, 0.25) is 0 Å². The maximum atomic E-state index is 10.8. The monoisotopic (exact) mass is 340 g/mol. The predicted octanol–water partition coefficient (Wildman–Crippen LogP) is 3.41. The highest BCUT2D eigenvalue weighted by Crippen LogP contribution is 2.25. The first-order valence-corrected chi connectivity index (χ1v) is 8.99. The molecule has 1 aliphatic heterocycles. The minimum Gasteiger partial charge on any atom is -0.491 e. The largest absolute Gasteiger partial charge is 0.491 e. The van der Waals surface area contributed by atoms with Crippen LogP contribution < -0.4 is 4.74 Å². The number of rotatable bonds is 5. The Morgan fingerprint density at radius 2 is 1.84 bits per heavy atom. The van der Waals surface area contributed by atoms with Gasteiger partial charge in [-0.1, -0.05) is 12.1 Å². The van der Waals surface area contributed by atoms with E-state index in [0.29, 0.717) is 6.61 Å². The Morgan fingerprint density at radius 1 is 1.08 bits per heavy atom. The molecular weight excluding hydrogens is 312 g/mol. The summed E-state index contributed by atoms with van der Waals surface area (Å²) in [5, 5.41) is 10.8. The van der Waals surface area contributed by atoms with Crippen LogP contribution in [0.15, 0.2) is 36.7 Å². The summed E-state index contributed by atoms with van der Waals surface area (Å²) in [4.78, 5) is 6.63. The Kier molecular flexibility index (Phi) is 5.40. The van der Waals surface area contributed by atoms with E-state index in [4.69, 9.17) is 4.74 Å². The molecule has 4 nitrogen and oxygen atoms in total. The summed E-state index contributed by atoms with van der Waals surface area (Å²) >= 11 is 0. The number of piperidine rings is 1. The molecule has 0 unspecified atom stereocenters. The first-order chi connectivity index (χ1) is 11.9. The van der Waals surface area contributed by atoms with Crippen molar-refractivity contribution in [3.05, 3.63) is 58.9 Å². The van der Waals surface area contributed by atoms with Crippen molar-refractivity contribution >= 4 is 0 Å². The molecule has 25 heavy (non-hydrogen) atoms. The van der Waals surface area contributed by atoms with Crippen LogP contribution in [-0.2, 0) is 6.54 Å². The summed E-state index contributed by atoms with van der Waals surface area (Å²) in [7, 11) is 0. The number of nitrogens with zero attached hydrogens (tertiary/aromatic N) is 2. The van der Waals surface area contributed by atoms with E-state index in [1.165, 1.54) is 22.3 Å². The molecular formula is C21H28N2O2. The van der Waals surface area contributed by atoms with E-state index in [1.807, 2.05) is 24.5 Å². The zero-order chi connectivity index (χ0) is 17.9. The second-order valence-electron chi connectivity index (χ2n) is 7.41. The topological polar surface area (TPSA) is 45.6 Å². The molecule has 1 aliphatic rings. The van der Waals surface area contributed by atoms with E-state index in [9.17, 15) is 5.11 Å². The number of aryl methyl sites for hydroxylation is 3. The normalized spacial score (nSPS) is 17.4. The van der Waals surface area contributed by atoms with Gasteiger partial charge in [0.15, 0.2) is 0 Å². The third kappa shape index (κ3) is 4.80. The number of hydrogen-bond acceptors (Lipinski definition) is 4. The Bertz CT molecular complexity index is 722. The molecule has 0 bridgehead atoms. The second-order valence-corrected chi connectivity index (χ2v) is 7.41. The van der Waals surface area contributed by atoms with E-state index in [2.05, 4.69) is 42.8 Å². The summed E-state index contributed by atoms with van der Waals surface area (Å²) in [6.07, 6.45) is 5.27. The van der Waals surface area contributed by atoms with Gasteiger partial charge in [-0.25, -0.2) is 0 Å². The zero-order valence-corrected chi connectivity index (χ0v) is 15.5. The minimum absolute atomic E-state index is 0.356. The summed E-state index contributed by atoms with van der Waals surface area (Å²) in [6, 6.07) is 8.26. The van der Waals surface area contributed by atoms with Gasteiger partial charge >= 0.3 is 0 Å². The first-order valence-electron chi connectivity index (χ1n) is 8.99. The molecule has 0 amide bonds. The maximum Gasteiger partial charge on any atom is 0.119 e. The Hall–Kier alpha value is -1.91. The summed E-state index contributed by atoms with van der Waals surface area (Å²) in [6.45, 7) is 9.23. The highest BCUT2D eigenvalue weighted by atomic mass is 16.5. The van der Waals surface area contributed by atoms with E-state index >= 15 is 0 Å². The van der Waals surface area contributed by atoms with Crippen LogP contribution in [0.3, 0.4) is 0 Å². The van der Waals surface area contributed by atoms with Gasteiger partial charge in [0, 0.05) is 32.0 Å². The second kappa shape index (κ2) is 7.54. The first kappa shape index (κ1) is 17.9. The lowest BCUT2D eigenvalue weighted by Crippen LogP contribution is -2.47. The molecule has 0 spiro atoms. The quantitative estimate of drug-likeness (QED) is 0.906. The number of aliphatic hydroxyl groups is 1. The van der Waals surface area contributed by atoms with Crippen LogP contribution in [0.4, 0.5) is 0 Å². The third-order valence-corrected chi connectivity index (χ3v) is 5.11. The lowest BCUT2D eigenvalue weighted by molar-refractivity contribution is -0.0537. The molecule has 1 N–H and O–H groups in total. The molecule has 2 heterocycles. The molecule has 0 radical (unpaired) electrons. The van der Waals surface area contributed by atoms with Gasteiger partial charge in [0.25, 0.3) is 0 Å². The fourth-order valence-electron chi connectivity index (χ4n) is 3.26. The van der Waals surface area contributed by atoms with Crippen molar-refractivity contribution in [3.8, 4) is 5.75 Å². The van der Waals surface area contributed by atoms with Crippen molar-refractivity contribution in [1.29, 1.82) is 0 Å². The fraction of sp³-hybridized carbons (Fsp3) is 0.476. The minimum atomic E-state index is -0.736. The molecule has 1 aromatic carbocycles. The highest BCUT2D eigenvalue weighted by molar-refractivity contribution is 5.33. The average molecular weight is 340 g/mol. The van der Waals surface area contributed by atoms with Gasteiger partial charge in [0.1, 0.15) is 18.0 Å². The number of ether oxygens (including phenoxy) is 1. The van der Waals surface area contributed by atoms with Crippen molar-refractivity contribution in [2.24, 2.45) is 0 Å². The fourth-order valence-corrected chi connectivity index (χ4v) is 3.26. The van der Waals surface area contributed by atoms with Crippen molar-refractivity contribution < 1.29 is 9.84 Å². The van der Waals surface area contributed by atoms with Crippen molar-refractivity contribution in [1.82, 2.24) is 9.88 Å². The molecule has 2 aromatic rings. The van der Waals surface area contributed by atoms with Crippen LogP contribution in [0.1, 0.15) is 35.1 Å². The van der Waals surface area contributed by atoms with Crippen LogP contribution in [-0.4, -0.2) is 40.3 Å². The molecule has 0 saturated carbocycles. The zero-order valence-electron chi connectivity index (χ0n) is 15.5. The Morgan fingerprint density at radius 3 is 2.52 bits per heavy atom. The van der Waals surface area contributed by atoms with Crippen LogP contribution in [0.5, 0.6) is 5.75 Å². The number of likely N-dealkylation sites (tertiary alicyclic amines) is 1. The predicted molar refractivity (Wildman–Crippen MR) is 99.8 cm³/mol. The lowest BCUT2D eigenvalue weighted by atomic mass is 9.92. The van der Waals surface area contributed by atoms with Crippen LogP contribution in [0, 0.1) is 20.8 Å². The third-order valence-electron chi connectivity index (χ3n) is 5.11. The number of pyridine rings is 1. The molecule has 134 valence electrons. The summed E-state index contributed by atoms with van der Waals surface area (Å²) in [5.41, 5.74) is 4.15. The molecule has 1 fully saturated rings. The molecule has 4 heteroatoms. The molecule has 1 saturated heterocycles. The van der Waals surface area contributed by atoms with Gasteiger partial charge in [-0.15, -0.1) is 0 Å². The van der Waals surface area contributed by atoms with Crippen molar-refractivity contribution in [2.75, 3.05) is 19.7 Å². The molecule has 3 rings (SSSR count). The van der Waals surface area contributed by atoms with E-state index < -0.39 is 5.60 Å². The van der Waals surface area contributed by atoms with E-state index in [-0.39, 0.29) is 0 Å². The van der Waals surface area contributed by atoms with Crippen molar-refractivity contribution in [2.45, 2.75) is 45.8 Å². The van der Waals surface area contributed by atoms with Crippen LogP contribution in [0.25, 0.3) is 0 Å². The highest BCUT2D eigenvalue weighted by Gasteiger charge is 2.33. The van der Waals surface area contributed by atoms with Gasteiger partial charge in [-0.05, 0) is 68.0 Å². The number of hydrogen-bond donors (Lipinski definition) is 1. The van der Waals surface area contributed by atoms with Gasteiger partial charge in [-0.3, -0.25) is 9.88 Å². The maximum absolute atomic E-state index is 10.8. The number of aromatic nitrogens is 1. The van der Waals surface area contributed by atoms with Crippen LogP contribution in [0.2, 0.25) is 0 Å². The SMILES string of the molecule is Cc1cncc(CN2CCC(O)(COc3ccc(C)c(C)c3)CC2)c1. The average Bonchev–Trinajstić information content (AvgIpc) is 2.59. The van der Waals surface area contributed by atoms with E-state index in [1.54, 1.807) is 0 Å². The molecule has 1 aromatic heterocycles. The smallest absolute Gasteiger partial charge is 0.119 e. The Labute approximate surface area is 150 Å². The standard InChI is InChI=1S/C21H28N2O2/c1-16-10-19(13-22-12-16)14-23-8-6-21(24,7-9-23)15-25-20-5-4-17(2)18(3)11-20/h4-5,10-13,24H,6-9,14-15H2,1-3H3. The summed E-state index contributed by atoms with van der Waals surface area (Å²) < 4.78 is 5.88. The van der Waals surface area contributed by atoms with Gasteiger partial charge in [0.05, 0.1) is 0 Å². The molecule has 0 atom stereocenters. The van der Waals surface area contributed by atoms with E-state index in [0.717, 1.165) is 38.2 Å². The summed E-state index contributed by atoms with van der Waals surface area (Å²) in [5.74, 6) is 0.838. The van der Waals surface area contributed by atoms with Crippen molar-refractivity contribution in [3.63, 3.8) is 0 Å². The van der Waals surface area contributed by atoms with Crippen LogP contribution >= 0.6 is 0 Å². The lowest BCUT2D eigenvalue weighted by Gasteiger charge is -2.38. The molecule has 0 aliphatic carbocycles. The number of benzene rings is 1.